The quantitative estimate of drug-likeness (QED) is 0.357. The third-order valence-corrected chi connectivity index (χ3v) is 5.62. The topological polar surface area (TPSA) is 82.4 Å². The van der Waals surface area contributed by atoms with Gasteiger partial charge in [-0.15, -0.1) is 0 Å². The van der Waals surface area contributed by atoms with Gasteiger partial charge in [0.05, 0.1) is 21.8 Å². The van der Waals surface area contributed by atoms with Crippen molar-refractivity contribution < 1.29 is 14.3 Å². The Kier molecular flexibility index (Phi) is 6.26. The number of amides is 3. The SMILES string of the molecule is N#Cc1ccccc1COc1ccc(/C=C2/NC(=O)N(c3ccc(Cl)cc3)C2=O)cc1Br. The van der Waals surface area contributed by atoms with Gasteiger partial charge in [0.2, 0.25) is 0 Å². The number of halogens is 2. The number of rotatable bonds is 5. The monoisotopic (exact) mass is 507 g/mol. The second-order valence-electron chi connectivity index (χ2n) is 6.85. The van der Waals surface area contributed by atoms with Crippen LogP contribution in [0.15, 0.2) is 76.9 Å². The molecule has 0 bridgehead atoms. The summed E-state index contributed by atoms with van der Waals surface area (Å²) in [6, 6.07) is 20.6. The summed E-state index contributed by atoms with van der Waals surface area (Å²) in [5.74, 6) is 0.131. The van der Waals surface area contributed by atoms with Gasteiger partial charge in [0.25, 0.3) is 5.91 Å². The second kappa shape index (κ2) is 9.27. The molecule has 3 amide bonds. The molecule has 0 atom stereocenters. The number of urea groups is 1. The molecule has 6 nitrogen and oxygen atoms in total. The molecule has 158 valence electrons. The molecule has 0 aliphatic carbocycles. The van der Waals surface area contributed by atoms with E-state index in [-0.39, 0.29) is 12.3 Å². The van der Waals surface area contributed by atoms with E-state index in [1.165, 1.54) is 0 Å². The van der Waals surface area contributed by atoms with E-state index in [4.69, 9.17) is 16.3 Å². The summed E-state index contributed by atoms with van der Waals surface area (Å²) in [6.45, 7) is 0.243. The molecule has 0 aromatic heterocycles. The van der Waals surface area contributed by atoms with Gasteiger partial charge < -0.3 is 10.1 Å². The van der Waals surface area contributed by atoms with Crippen LogP contribution in [-0.4, -0.2) is 11.9 Å². The van der Waals surface area contributed by atoms with E-state index >= 15 is 0 Å². The summed E-state index contributed by atoms with van der Waals surface area (Å²) in [6.07, 6.45) is 1.59. The van der Waals surface area contributed by atoms with Crippen molar-refractivity contribution in [3.05, 3.63) is 98.6 Å². The summed E-state index contributed by atoms with van der Waals surface area (Å²) in [7, 11) is 0. The van der Waals surface area contributed by atoms with Crippen molar-refractivity contribution >= 4 is 51.2 Å². The first-order chi connectivity index (χ1) is 15.5. The normalized spacial score (nSPS) is 14.4. The van der Waals surface area contributed by atoms with E-state index in [0.29, 0.717) is 32.1 Å². The first-order valence-electron chi connectivity index (χ1n) is 9.49. The Morgan fingerprint density at radius 1 is 1.09 bits per heavy atom. The largest absolute Gasteiger partial charge is 0.488 e. The maximum atomic E-state index is 12.8. The summed E-state index contributed by atoms with van der Waals surface area (Å²) >= 11 is 9.36. The van der Waals surface area contributed by atoms with Gasteiger partial charge in [-0.2, -0.15) is 5.26 Å². The third kappa shape index (κ3) is 4.52. The molecule has 0 radical (unpaired) electrons. The third-order valence-electron chi connectivity index (χ3n) is 4.75. The van der Waals surface area contributed by atoms with Crippen LogP contribution >= 0.6 is 27.5 Å². The average Bonchev–Trinajstić information content (AvgIpc) is 3.07. The molecule has 32 heavy (non-hydrogen) atoms. The van der Waals surface area contributed by atoms with Gasteiger partial charge in [0.1, 0.15) is 18.1 Å². The lowest BCUT2D eigenvalue weighted by atomic mass is 10.1. The molecule has 1 saturated heterocycles. The molecular formula is C24H15BrClN3O3. The Labute approximate surface area is 197 Å². The molecule has 1 aliphatic heterocycles. The van der Waals surface area contributed by atoms with Gasteiger partial charge in [-0.1, -0.05) is 35.9 Å². The van der Waals surface area contributed by atoms with Gasteiger partial charge in [-0.3, -0.25) is 4.79 Å². The first kappa shape index (κ1) is 21.6. The Hall–Kier alpha value is -3.60. The molecular weight excluding hydrogens is 494 g/mol. The van der Waals surface area contributed by atoms with Crippen molar-refractivity contribution in [2.45, 2.75) is 6.61 Å². The number of carbonyl (C=O) groups is 2. The lowest BCUT2D eigenvalue weighted by Gasteiger charge is -2.11. The number of benzene rings is 3. The number of carbonyl (C=O) groups excluding carboxylic acids is 2. The van der Waals surface area contributed by atoms with Crippen LogP contribution in [0.25, 0.3) is 6.08 Å². The molecule has 0 spiro atoms. The van der Waals surface area contributed by atoms with Crippen LogP contribution in [0.1, 0.15) is 16.7 Å². The van der Waals surface area contributed by atoms with Gasteiger partial charge in [-0.05, 0) is 70.0 Å². The van der Waals surface area contributed by atoms with Crippen LogP contribution < -0.4 is 15.0 Å². The molecule has 1 heterocycles. The van der Waals surface area contributed by atoms with Crippen LogP contribution in [0.5, 0.6) is 5.75 Å². The number of nitrogens with one attached hydrogen (secondary N) is 1. The highest BCUT2D eigenvalue weighted by Gasteiger charge is 2.34. The molecule has 0 unspecified atom stereocenters. The second-order valence-corrected chi connectivity index (χ2v) is 8.14. The maximum Gasteiger partial charge on any atom is 0.333 e. The van der Waals surface area contributed by atoms with Crippen LogP contribution in [0.3, 0.4) is 0 Å². The maximum absolute atomic E-state index is 12.8. The summed E-state index contributed by atoms with van der Waals surface area (Å²) in [5, 5.41) is 12.3. The minimum Gasteiger partial charge on any atom is -0.488 e. The number of anilines is 1. The van der Waals surface area contributed by atoms with E-state index in [9.17, 15) is 14.9 Å². The number of nitriles is 1. The van der Waals surface area contributed by atoms with Crippen molar-refractivity contribution in [1.29, 1.82) is 5.26 Å². The predicted molar refractivity (Wildman–Crippen MR) is 125 cm³/mol. The number of nitrogens with zero attached hydrogens (tertiary/aromatic N) is 2. The summed E-state index contributed by atoms with van der Waals surface area (Å²) in [5.41, 5.74) is 2.64. The van der Waals surface area contributed by atoms with Crippen LogP contribution in [0.2, 0.25) is 5.02 Å². The fraction of sp³-hybridized carbons (Fsp3) is 0.0417. The van der Waals surface area contributed by atoms with Crippen molar-refractivity contribution in [2.24, 2.45) is 0 Å². The van der Waals surface area contributed by atoms with Gasteiger partial charge in [0.15, 0.2) is 0 Å². The van der Waals surface area contributed by atoms with E-state index < -0.39 is 11.9 Å². The smallest absolute Gasteiger partial charge is 0.333 e. The first-order valence-corrected chi connectivity index (χ1v) is 10.7. The van der Waals surface area contributed by atoms with Crippen molar-refractivity contribution in [2.75, 3.05) is 4.90 Å². The van der Waals surface area contributed by atoms with E-state index in [0.717, 1.165) is 10.5 Å². The lowest BCUT2D eigenvalue weighted by molar-refractivity contribution is -0.113. The van der Waals surface area contributed by atoms with Crippen molar-refractivity contribution in [1.82, 2.24) is 5.32 Å². The molecule has 3 aromatic carbocycles. The molecule has 1 aliphatic rings. The molecule has 8 heteroatoms. The Bertz CT molecular complexity index is 1280. The number of hydrogen-bond acceptors (Lipinski definition) is 4. The average molecular weight is 509 g/mol. The van der Waals surface area contributed by atoms with Crippen LogP contribution in [0, 0.1) is 11.3 Å². The predicted octanol–water partition coefficient (Wildman–Crippen LogP) is 5.65. The van der Waals surface area contributed by atoms with E-state index in [1.54, 1.807) is 60.7 Å². The fourth-order valence-corrected chi connectivity index (χ4v) is 3.80. The highest BCUT2D eigenvalue weighted by Crippen LogP contribution is 2.29. The summed E-state index contributed by atoms with van der Waals surface area (Å²) < 4.78 is 6.51. The molecule has 4 rings (SSSR count). The zero-order chi connectivity index (χ0) is 22.7. The Balaban J connectivity index is 1.50. The number of ether oxygens (including phenoxy) is 1. The van der Waals surface area contributed by atoms with E-state index in [2.05, 4.69) is 27.3 Å². The molecule has 1 N–H and O–H groups in total. The highest BCUT2D eigenvalue weighted by molar-refractivity contribution is 9.10. The van der Waals surface area contributed by atoms with Gasteiger partial charge >= 0.3 is 6.03 Å². The zero-order valence-electron chi connectivity index (χ0n) is 16.5. The molecule has 0 saturated carbocycles. The van der Waals surface area contributed by atoms with Crippen LogP contribution in [0.4, 0.5) is 10.5 Å². The number of imide groups is 1. The minimum absolute atomic E-state index is 0.161. The number of hydrogen-bond donors (Lipinski definition) is 1. The molecule has 3 aromatic rings. The van der Waals surface area contributed by atoms with Crippen LogP contribution in [-0.2, 0) is 11.4 Å². The van der Waals surface area contributed by atoms with Gasteiger partial charge in [0, 0.05) is 10.6 Å². The zero-order valence-corrected chi connectivity index (χ0v) is 18.9. The standard InChI is InChI=1S/C24H15BrClN3O3/c25-20-11-15(5-10-22(20)32-14-17-4-2-1-3-16(17)13-27)12-21-23(30)29(24(31)28-21)19-8-6-18(26)7-9-19/h1-12H,14H2,(H,28,31)/b21-12+. The summed E-state index contributed by atoms with van der Waals surface area (Å²) in [4.78, 5) is 26.1. The Morgan fingerprint density at radius 3 is 2.56 bits per heavy atom. The van der Waals surface area contributed by atoms with Gasteiger partial charge in [-0.25, -0.2) is 9.69 Å². The fourth-order valence-electron chi connectivity index (χ4n) is 3.16. The molecule has 1 fully saturated rings. The van der Waals surface area contributed by atoms with Crippen molar-refractivity contribution in [3.8, 4) is 11.8 Å². The van der Waals surface area contributed by atoms with E-state index in [1.807, 2.05) is 12.1 Å². The highest BCUT2D eigenvalue weighted by atomic mass is 79.9. The van der Waals surface area contributed by atoms with Crippen molar-refractivity contribution in [3.63, 3.8) is 0 Å². The minimum atomic E-state index is -0.529. The lowest BCUT2D eigenvalue weighted by Crippen LogP contribution is -2.30. The Morgan fingerprint density at radius 2 is 1.84 bits per heavy atom.